The summed E-state index contributed by atoms with van der Waals surface area (Å²) in [5.41, 5.74) is 0.578. The van der Waals surface area contributed by atoms with Crippen molar-refractivity contribution < 1.29 is 9.59 Å². The SMILES string of the molecule is CC(=O)Nc1ccc(NC(=O)Cn2c(=O)n(C)c(=O)c3ccccc32)cc1. The van der Waals surface area contributed by atoms with Gasteiger partial charge in [0.1, 0.15) is 6.54 Å². The van der Waals surface area contributed by atoms with E-state index in [1.807, 2.05) is 0 Å². The average Bonchev–Trinajstić information content (AvgIpc) is 2.64. The number of hydrogen-bond acceptors (Lipinski definition) is 4. The zero-order chi connectivity index (χ0) is 19.6. The Morgan fingerprint density at radius 1 is 0.926 bits per heavy atom. The zero-order valence-electron chi connectivity index (χ0n) is 14.9. The minimum atomic E-state index is -0.560. The van der Waals surface area contributed by atoms with E-state index in [4.69, 9.17) is 0 Å². The summed E-state index contributed by atoms with van der Waals surface area (Å²) in [7, 11) is 1.38. The fraction of sp³-hybridized carbons (Fsp3) is 0.158. The van der Waals surface area contributed by atoms with Crippen LogP contribution in [0.4, 0.5) is 11.4 Å². The lowest BCUT2D eigenvalue weighted by Crippen LogP contribution is -2.40. The Hall–Kier alpha value is -3.68. The van der Waals surface area contributed by atoms with Gasteiger partial charge >= 0.3 is 5.69 Å². The molecule has 0 fully saturated rings. The highest BCUT2D eigenvalue weighted by atomic mass is 16.2. The summed E-state index contributed by atoms with van der Waals surface area (Å²) in [6.45, 7) is 1.17. The number of amides is 2. The number of aromatic nitrogens is 2. The topological polar surface area (TPSA) is 102 Å². The van der Waals surface area contributed by atoms with Crippen LogP contribution in [-0.2, 0) is 23.2 Å². The van der Waals surface area contributed by atoms with Gasteiger partial charge < -0.3 is 10.6 Å². The second-order valence-electron chi connectivity index (χ2n) is 6.06. The van der Waals surface area contributed by atoms with E-state index < -0.39 is 17.2 Å². The van der Waals surface area contributed by atoms with Crippen LogP contribution in [0.3, 0.4) is 0 Å². The van der Waals surface area contributed by atoms with Crippen molar-refractivity contribution in [2.45, 2.75) is 13.5 Å². The van der Waals surface area contributed by atoms with E-state index in [1.54, 1.807) is 48.5 Å². The number of hydrogen-bond donors (Lipinski definition) is 2. The fourth-order valence-electron chi connectivity index (χ4n) is 2.78. The van der Waals surface area contributed by atoms with Crippen LogP contribution >= 0.6 is 0 Å². The summed E-state index contributed by atoms with van der Waals surface area (Å²) in [6, 6.07) is 13.3. The second kappa shape index (κ2) is 7.28. The van der Waals surface area contributed by atoms with Crippen molar-refractivity contribution in [1.29, 1.82) is 0 Å². The third kappa shape index (κ3) is 3.79. The molecule has 0 saturated carbocycles. The largest absolute Gasteiger partial charge is 0.331 e. The second-order valence-corrected chi connectivity index (χ2v) is 6.06. The van der Waals surface area contributed by atoms with Crippen LogP contribution in [0.15, 0.2) is 58.1 Å². The molecule has 2 amide bonds. The smallest absolute Gasteiger partial charge is 0.326 e. The van der Waals surface area contributed by atoms with Crippen molar-refractivity contribution in [2.75, 3.05) is 10.6 Å². The summed E-state index contributed by atoms with van der Waals surface area (Å²) < 4.78 is 2.25. The summed E-state index contributed by atoms with van der Waals surface area (Å²) >= 11 is 0. The van der Waals surface area contributed by atoms with Crippen molar-refractivity contribution in [1.82, 2.24) is 9.13 Å². The van der Waals surface area contributed by atoms with Crippen molar-refractivity contribution in [3.05, 3.63) is 69.4 Å². The van der Waals surface area contributed by atoms with Crippen molar-refractivity contribution in [3.8, 4) is 0 Å². The Balaban J connectivity index is 1.85. The van der Waals surface area contributed by atoms with Gasteiger partial charge in [-0.05, 0) is 36.4 Å². The third-order valence-corrected chi connectivity index (χ3v) is 4.04. The lowest BCUT2D eigenvalue weighted by atomic mass is 10.2. The molecule has 2 aromatic carbocycles. The molecule has 27 heavy (non-hydrogen) atoms. The molecule has 138 valence electrons. The summed E-state index contributed by atoms with van der Waals surface area (Å²) in [6.07, 6.45) is 0. The standard InChI is InChI=1S/C19H18N4O4/c1-12(24)20-13-7-9-14(10-8-13)21-17(25)11-23-16-6-4-3-5-15(16)18(26)22(2)19(23)27/h3-10H,11H2,1-2H3,(H,20,24)(H,21,25). The quantitative estimate of drug-likeness (QED) is 0.726. The molecule has 0 saturated heterocycles. The average molecular weight is 366 g/mol. The van der Waals surface area contributed by atoms with E-state index in [-0.39, 0.29) is 12.5 Å². The van der Waals surface area contributed by atoms with Crippen LogP contribution in [-0.4, -0.2) is 20.9 Å². The van der Waals surface area contributed by atoms with Gasteiger partial charge in [0, 0.05) is 25.3 Å². The van der Waals surface area contributed by atoms with E-state index in [1.165, 1.54) is 18.5 Å². The highest BCUT2D eigenvalue weighted by Gasteiger charge is 2.13. The molecular weight excluding hydrogens is 348 g/mol. The number of nitrogens with zero attached hydrogens (tertiary/aromatic N) is 2. The van der Waals surface area contributed by atoms with E-state index >= 15 is 0 Å². The number of carbonyl (C=O) groups is 2. The fourth-order valence-corrected chi connectivity index (χ4v) is 2.78. The minimum absolute atomic E-state index is 0.187. The molecule has 3 aromatic rings. The molecule has 0 atom stereocenters. The third-order valence-electron chi connectivity index (χ3n) is 4.04. The van der Waals surface area contributed by atoms with Gasteiger partial charge in [-0.1, -0.05) is 12.1 Å². The molecule has 1 aromatic heterocycles. The molecule has 0 aliphatic heterocycles. The molecule has 0 radical (unpaired) electrons. The molecule has 0 aliphatic carbocycles. The lowest BCUT2D eigenvalue weighted by molar-refractivity contribution is -0.117. The van der Waals surface area contributed by atoms with Crippen LogP contribution in [0.25, 0.3) is 10.9 Å². The Morgan fingerprint density at radius 2 is 1.52 bits per heavy atom. The van der Waals surface area contributed by atoms with E-state index in [2.05, 4.69) is 10.6 Å². The molecule has 8 nitrogen and oxygen atoms in total. The highest BCUT2D eigenvalue weighted by molar-refractivity contribution is 5.92. The normalized spacial score (nSPS) is 10.6. The molecule has 0 aliphatic rings. The van der Waals surface area contributed by atoms with E-state index in [9.17, 15) is 19.2 Å². The predicted molar refractivity (Wildman–Crippen MR) is 103 cm³/mol. The maximum absolute atomic E-state index is 12.4. The highest BCUT2D eigenvalue weighted by Crippen LogP contribution is 2.14. The van der Waals surface area contributed by atoms with Crippen LogP contribution < -0.4 is 21.9 Å². The van der Waals surface area contributed by atoms with Gasteiger partial charge in [0.05, 0.1) is 10.9 Å². The molecule has 2 N–H and O–H groups in total. The molecule has 3 rings (SSSR count). The van der Waals surface area contributed by atoms with Gasteiger partial charge in [-0.3, -0.25) is 23.5 Å². The number of carbonyl (C=O) groups excluding carboxylic acids is 2. The number of para-hydroxylation sites is 1. The van der Waals surface area contributed by atoms with Gasteiger partial charge in [0.2, 0.25) is 11.8 Å². The lowest BCUT2D eigenvalue weighted by Gasteiger charge is -2.12. The number of fused-ring (bicyclic) bond motifs is 1. The van der Waals surface area contributed by atoms with Gasteiger partial charge in [-0.25, -0.2) is 4.79 Å². The van der Waals surface area contributed by atoms with Gasteiger partial charge in [-0.2, -0.15) is 0 Å². The molecule has 0 spiro atoms. The Labute approximate surface area is 154 Å². The monoisotopic (exact) mass is 366 g/mol. The van der Waals surface area contributed by atoms with Crippen molar-refractivity contribution in [3.63, 3.8) is 0 Å². The number of rotatable bonds is 4. The number of benzene rings is 2. The molecule has 0 bridgehead atoms. The van der Waals surface area contributed by atoms with E-state index in [0.717, 1.165) is 4.57 Å². The summed E-state index contributed by atoms with van der Waals surface area (Å²) in [5, 5.41) is 5.70. The Bertz CT molecular complexity index is 1140. The summed E-state index contributed by atoms with van der Waals surface area (Å²) in [4.78, 5) is 48.1. The van der Waals surface area contributed by atoms with Gasteiger partial charge in [-0.15, -0.1) is 0 Å². The number of anilines is 2. The van der Waals surface area contributed by atoms with Crippen LogP contribution in [0.1, 0.15) is 6.92 Å². The zero-order valence-corrected chi connectivity index (χ0v) is 14.9. The molecule has 1 heterocycles. The van der Waals surface area contributed by atoms with Crippen molar-refractivity contribution >= 4 is 34.1 Å². The Morgan fingerprint density at radius 3 is 2.15 bits per heavy atom. The molecule has 0 unspecified atom stereocenters. The first-order valence-corrected chi connectivity index (χ1v) is 8.23. The van der Waals surface area contributed by atoms with Gasteiger partial charge in [0.15, 0.2) is 0 Å². The maximum atomic E-state index is 12.4. The number of nitrogens with one attached hydrogen (secondary N) is 2. The summed E-state index contributed by atoms with van der Waals surface area (Å²) in [5.74, 6) is -0.596. The Kier molecular flexibility index (Phi) is 4.89. The van der Waals surface area contributed by atoms with Crippen molar-refractivity contribution in [2.24, 2.45) is 7.05 Å². The first-order valence-electron chi connectivity index (χ1n) is 8.23. The van der Waals surface area contributed by atoms with Crippen LogP contribution in [0, 0.1) is 0 Å². The van der Waals surface area contributed by atoms with Crippen LogP contribution in [0.2, 0.25) is 0 Å². The van der Waals surface area contributed by atoms with Gasteiger partial charge in [0.25, 0.3) is 5.56 Å². The maximum Gasteiger partial charge on any atom is 0.331 e. The predicted octanol–water partition coefficient (Wildman–Crippen LogP) is 1.30. The first kappa shape index (κ1) is 18.1. The molecule has 8 heteroatoms. The first-order chi connectivity index (χ1) is 12.9. The molecular formula is C19H18N4O4. The van der Waals surface area contributed by atoms with Crippen LogP contribution in [0.5, 0.6) is 0 Å². The van der Waals surface area contributed by atoms with E-state index in [0.29, 0.717) is 22.3 Å². The minimum Gasteiger partial charge on any atom is -0.326 e.